The van der Waals surface area contributed by atoms with E-state index in [9.17, 15) is 4.79 Å². The first-order chi connectivity index (χ1) is 10.2. The van der Waals surface area contributed by atoms with Crippen LogP contribution in [0.25, 0.3) is 0 Å². The molecule has 0 bridgehead atoms. The van der Waals surface area contributed by atoms with Crippen molar-refractivity contribution in [3.63, 3.8) is 0 Å². The van der Waals surface area contributed by atoms with Crippen molar-refractivity contribution in [2.24, 2.45) is 0 Å². The molecule has 0 spiro atoms. The summed E-state index contributed by atoms with van der Waals surface area (Å²) < 4.78 is 2.52. The maximum atomic E-state index is 12.6. The van der Waals surface area contributed by atoms with Crippen molar-refractivity contribution in [3.8, 4) is 0 Å². The maximum Gasteiger partial charge on any atom is 0.244 e. The molecule has 1 aliphatic heterocycles. The Balaban J connectivity index is 0.00000176. The van der Waals surface area contributed by atoms with Gasteiger partial charge < -0.3 is 10.2 Å². The van der Waals surface area contributed by atoms with Gasteiger partial charge in [-0.1, -0.05) is 6.07 Å². The second kappa shape index (κ2) is 7.71. The summed E-state index contributed by atoms with van der Waals surface area (Å²) in [4.78, 5) is 18.6. The van der Waals surface area contributed by atoms with Gasteiger partial charge >= 0.3 is 0 Å². The lowest BCUT2D eigenvalue weighted by molar-refractivity contribution is -0.135. The molecule has 0 aromatic carbocycles. The summed E-state index contributed by atoms with van der Waals surface area (Å²) in [7, 11) is 0. The SMILES string of the molecule is Cl.O=C(Cn1cc(Br)cn1)N1CCNCC1c1cccnc1. The number of nitrogens with zero attached hydrogens (tertiary/aromatic N) is 4. The minimum absolute atomic E-state index is 0. The van der Waals surface area contributed by atoms with Gasteiger partial charge in [-0.15, -0.1) is 12.4 Å². The van der Waals surface area contributed by atoms with Gasteiger partial charge in [-0.05, 0) is 27.6 Å². The van der Waals surface area contributed by atoms with Crippen molar-refractivity contribution in [3.05, 3.63) is 47.0 Å². The van der Waals surface area contributed by atoms with Crippen molar-refractivity contribution < 1.29 is 4.79 Å². The number of carbonyl (C=O) groups is 1. The molecule has 1 atom stereocenters. The summed E-state index contributed by atoms with van der Waals surface area (Å²) in [5.41, 5.74) is 1.06. The highest BCUT2D eigenvalue weighted by Gasteiger charge is 2.28. The molecule has 8 heteroatoms. The zero-order chi connectivity index (χ0) is 14.7. The van der Waals surface area contributed by atoms with Crippen LogP contribution in [0.15, 0.2) is 41.4 Å². The number of pyridine rings is 1. The van der Waals surface area contributed by atoms with Gasteiger partial charge in [-0.25, -0.2) is 0 Å². The van der Waals surface area contributed by atoms with Crippen LogP contribution in [-0.4, -0.2) is 45.2 Å². The molecule has 0 aliphatic carbocycles. The van der Waals surface area contributed by atoms with Crippen LogP contribution in [0.2, 0.25) is 0 Å². The lowest BCUT2D eigenvalue weighted by Gasteiger charge is -2.36. The first-order valence-corrected chi connectivity index (χ1v) is 7.61. The molecular weight excluding hydrogens is 370 g/mol. The molecule has 6 nitrogen and oxygen atoms in total. The quantitative estimate of drug-likeness (QED) is 0.871. The molecule has 118 valence electrons. The molecule has 22 heavy (non-hydrogen) atoms. The summed E-state index contributed by atoms with van der Waals surface area (Å²) in [5.74, 6) is 0.0703. The van der Waals surface area contributed by atoms with Gasteiger partial charge in [0, 0.05) is 38.2 Å². The number of aromatic nitrogens is 3. The van der Waals surface area contributed by atoms with Crippen LogP contribution in [0.3, 0.4) is 0 Å². The zero-order valence-electron chi connectivity index (χ0n) is 11.9. The van der Waals surface area contributed by atoms with Crippen LogP contribution in [0.1, 0.15) is 11.6 Å². The Labute approximate surface area is 143 Å². The third kappa shape index (κ3) is 3.85. The smallest absolute Gasteiger partial charge is 0.244 e. The monoisotopic (exact) mass is 385 g/mol. The van der Waals surface area contributed by atoms with Gasteiger partial charge in [0.05, 0.1) is 16.7 Å². The van der Waals surface area contributed by atoms with E-state index in [0.717, 1.165) is 23.1 Å². The predicted octanol–water partition coefficient (Wildman–Crippen LogP) is 1.64. The fraction of sp³-hybridized carbons (Fsp3) is 0.357. The third-order valence-corrected chi connectivity index (χ3v) is 3.94. The molecule has 1 aliphatic rings. The Bertz CT molecular complexity index is 621. The molecule has 1 N–H and O–H groups in total. The van der Waals surface area contributed by atoms with Crippen LogP contribution >= 0.6 is 28.3 Å². The highest BCUT2D eigenvalue weighted by molar-refractivity contribution is 9.10. The van der Waals surface area contributed by atoms with Crippen LogP contribution < -0.4 is 5.32 Å². The van der Waals surface area contributed by atoms with E-state index >= 15 is 0 Å². The van der Waals surface area contributed by atoms with Gasteiger partial charge in [-0.3, -0.25) is 14.5 Å². The Kier molecular flexibility index (Phi) is 5.93. The van der Waals surface area contributed by atoms with Crippen molar-refractivity contribution in [2.75, 3.05) is 19.6 Å². The fourth-order valence-electron chi connectivity index (χ4n) is 2.53. The van der Waals surface area contributed by atoms with Crippen LogP contribution in [0.4, 0.5) is 0 Å². The number of hydrogen-bond acceptors (Lipinski definition) is 4. The zero-order valence-corrected chi connectivity index (χ0v) is 14.3. The average molecular weight is 387 g/mol. The first-order valence-electron chi connectivity index (χ1n) is 6.82. The topological polar surface area (TPSA) is 63.1 Å². The van der Waals surface area contributed by atoms with Crippen LogP contribution in [0.5, 0.6) is 0 Å². The van der Waals surface area contributed by atoms with Gasteiger partial charge in [0.25, 0.3) is 0 Å². The van der Waals surface area contributed by atoms with Crippen molar-refractivity contribution in [1.82, 2.24) is 25.0 Å². The molecule has 0 radical (unpaired) electrons. The van der Waals surface area contributed by atoms with Crippen molar-refractivity contribution >= 4 is 34.2 Å². The Morgan fingerprint density at radius 2 is 2.32 bits per heavy atom. The van der Waals surface area contributed by atoms with E-state index < -0.39 is 0 Å². The van der Waals surface area contributed by atoms with Gasteiger partial charge in [0.1, 0.15) is 6.54 Å². The Morgan fingerprint density at radius 1 is 1.45 bits per heavy atom. The molecule has 3 heterocycles. The van der Waals surface area contributed by atoms with Gasteiger partial charge in [0.15, 0.2) is 0 Å². The van der Waals surface area contributed by atoms with Crippen LogP contribution in [0, 0.1) is 0 Å². The largest absolute Gasteiger partial charge is 0.331 e. The predicted molar refractivity (Wildman–Crippen MR) is 88.7 cm³/mol. The molecule has 1 saturated heterocycles. The second-order valence-corrected chi connectivity index (χ2v) is 5.87. The number of nitrogens with one attached hydrogen (secondary N) is 1. The summed E-state index contributed by atoms with van der Waals surface area (Å²) >= 11 is 3.34. The van der Waals surface area contributed by atoms with Gasteiger partial charge in [-0.2, -0.15) is 5.10 Å². The minimum Gasteiger partial charge on any atom is -0.331 e. The molecule has 2 aromatic heterocycles. The number of amides is 1. The molecule has 2 aromatic rings. The number of hydrogen-bond donors (Lipinski definition) is 1. The third-order valence-electron chi connectivity index (χ3n) is 3.53. The van der Waals surface area contributed by atoms with E-state index in [1.807, 2.05) is 23.2 Å². The lowest BCUT2D eigenvalue weighted by Crippen LogP contribution is -2.49. The molecule has 1 amide bonds. The normalized spacial score (nSPS) is 17.9. The molecule has 1 fully saturated rings. The molecule has 3 rings (SSSR count). The standard InChI is InChI=1S/C14H16BrN5O.ClH/c15-12-7-18-19(9-12)10-14(21)20-5-4-17-8-13(20)11-2-1-3-16-6-11;/h1-3,6-7,9,13,17H,4-5,8,10H2;1H. The minimum atomic E-state index is 0. The summed E-state index contributed by atoms with van der Waals surface area (Å²) in [5, 5.41) is 7.48. The van der Waals surface area contributed by atoms with Gasteiger partial charge in [0.2, 0.25) is 5.91 Å². The maximum absolute atomic E-state index is 12.6. The lowest BCUT2D eigenvalue weighted by atomic mass is 10.1. The number of rotatable bonds is 3. The molecular formula is C14H17BrClN5O. The number of carbonyl (C=O) groups excluding carboxylic acids is 1. The summed E-state index contributed by atoms with van der Waals surface area (Å²) in [6.45, 7) is 2.51. The second-order valence-electron chi connectivity index (χ2n) is 4.95. The van der Waals surface area contributed by atoms with E-state index in [2.05, 4.69) is 31.3 Å². The van der Waals surface area contributed by atoms with E-state index in [-0.39, 0.29) is 30.9 Å². The van der Waals surface area contributed by atoms with Crippen molar-refractivity contribution in [1.29, 1.82) is 0 Å². The molecule has 1 unspecified atom stereocenters. The van der Waals surface area contributed by atoms with E-state index in [0.29, 0.717) is 6.54 Å². The van der Waals surface area contributed by atoms with Crippen LogP contribution in [-0.2, 0) is 11.3 Å². The first kappa shape index (κ1) is 16.9. The number of piperazine rings is 1. The molecule has 0 saturated carbocycles. The average Bonchev–Trinajstić information content (AvgIpc) is 2.93. The number of halogens is 2. The van der Waals surface area contributed by atoms with E-state index in [1.165, 1.54) is 0 Å². The Hall–Kier alpha value is -1.44. The van der Waals surface area contributed by atoms with Crippen molar-refractivity contribution in [2.45, 2.75) is 12.6 Å². The summed E-state index contributed by atoms with van der Waals surface area (Å²) in [6, 6.07) is 3.94. The highest BCUT2D eigenvalue weighted by Crippen LogP contribution is 2.21. The van der Waals surface area contributed by atoms with E-state index in [4.69, 9.17) is 0 Å². The highest BCUT2D eigenvalue weighted by atomic mass is 79.9. The fourth-order valence-corrected chi connectivity index (χ4v) is 2.86. The Morgan fingerprint density at radius 3 is 3.00 bits per heavy atom. The van der Waals surface area contributed by atoms with E-state index in [1.54, 1.807) is 23.3 Å². The summed E-state index contributed by atoms with van der Waals surface area (Å²) in [6.07, 6.45) is 7.05.